The second kappa shape index (κ2) is 7.19. The summed E-state index contributed by atoms with van der Waals surface area (Å²) in [5.74, 6) is 0.237. The van der Waals surface area contributed by atoms with Crippen LogP contribution in [0, 0.1) is 0 Å². The summed E-state index contributed by atoms with van der Waals surface area (Å²) in [5, 5.41) is 22.1. The van der Waals surface area contributed by atoms with E-state index in [0.29, 0.717) is 28.7 Å². The van der Waals surface area contributed by atoms with E-state index in [0.717, 1.165) is 11.1 Å². The highest BCUT2D eigenvalue weighted by Gasteiger charge is 2.28. The number of hydrogen-bond donors (Lipinski definition) is 2. The molecule has 0 spiro atoms. The average molecular weight is 421 g/mol. The predicted molar refractivity (Wildman–Crippen MR) is 124 cm³/mol. The molecule has 162 valence electrons. The molecule has 2 N–H and O–H groups in total. The molecule has 0 saturated heterocycles. The topological polar surface area (TPSA) is 79.9 Å². The molecule has 0 radical (unpaired) electrons. The molecule has 1 aromatic heterocycles. The molecule has 0 amide bonds. The fourth-order valence-electron chi connectivity index (χ4n) is 4.02. The molecular formula is C26H28O5. The van der Waals surface area contributed by atoms with E-state index >= 15 is 0 Å². The number of rotatable bonds is 3. The Balaban J connectivity index is 2.17. The van der Waals surface area contributed by atoms with E-state index < -0.39 is 5.60 Å². The van der Waals surface area contributed by atoms with Gasteiger partial charge in [0, 0.05) is 11.6 Å². The number of hydrogen-bond acceptors (Lipinski definition) is 5. The van der Waals surface area contributed by atoms with Crippen LogP contribution >= 0.6 is 0 Å². The number of ether oxygens (including phenoxy) is 1. The van der Waals surface area contributed by atoms with Crippen LogP contribution in [0.5, 0.6) is 17.2 Å². The van der Waals surface area contributed by atoms with E-state index in [1.165, 1.54) is 6.07 Å². The zero-order valence-corrected chi connectivity index (χ0v) is 18.8. The van der Waals surface area contributed by atoms with Gasteiger partial charge in [-0.1, -0.05) is 31.6 Å². The number of phenols is 2. The number of allylic oxidation sites excluding steroid dienone is 2. The maximum Gasteiger partial charge on any atom is 0.204 e. The Bertz CT molecular complexity index is 1330. The van der Waals surface area contributed by atoms with Gasteiger partial charge in [0.2, 0.25) is 5.43 Å². The molecule has 0 atom stereocenters. The van der Waals surface area contributed by atoms with Gasteiger partial charge in [0.1, 0.15) is 22.5 Å². The van der Waals surface area contributed by atoms with Gasteiger partial charge in [0.05, 0.1) is 10.9 Å². The third kappa shape index (κ3) is 3.48. The zero-order chi connectivity index (χ0) is 22.7. The van der Waals surface area contributed by atoms with Gasteiger partial charge in [-0.05, 0) is 57.7 Å². The third-order valence-electron chi connectivity index (χ3n) is 5.66. The van der Waals surface area contributed by atoms with Crippen LogP contribution in [0.25, 0.3) is 28.0 Å². The van der Waals surface area contributed by atoms with Crippen molar-refractivity contribution in [3.63, 3.8) is 0 Å². The van der Waals surface area contributed by atoms with E-state index in [2.05, 4.69) is 0 Å². The van der Waals surface area contributed by atoms with Gasteiger partial charge in [-0.3, -0.25) is 4.79 Å². The molecule has 2 aromatic carbocycles. The van der Waals surface area contributed by atoms with Crippen LogP contribution < -0.4 is 10.2 Å². The molecule has 31 heavy (non-hydrogen) atoms. The molecule has 1 aliphatic heterocycles. The van der Waals surface area contributed by atoms with Gasteiger partial charge in [-0.15, -0.1) is 0 Å². The van der Waals surface area contributed by atoms with Crippen LogP contribution in [-0.2, 0) is 6.42 Å². The van der Waals surface area contributed by atoms with Crippen LogP contribution in [0.3, 0.4) is 0 Å². The predicted octanol–water partition coefficient (Wildman–Crippen LogP) is 6.17. The lowest BCUT2D eigenvalue weighted by Gasteiger charge is -2.28. The van der Waals surface area contributed by atoms with Crippen molar-refractivity contribution >= 4 is 28.0 Å². The standard InChI is InChI=1S/C26H28O5/c1-13(2)7-8-15-11-17(14(3)4)22(28)25-20(15)23(29)21-18(27)12-19-16(24(21)30-25)9-10-26(5,6)31-19/h7,9-12,14,27-28H,8H2,1-6H3. The van der Waals surface area contributed by atoms with Gasteiger partial charge in [0.15, 0.2) is 16.9 Å². The molecular weight excluding hydrogens is 392 g/mol. The van der Waals surface area contributed by atoms with Crippen molar-refractivity contribution in [3.05, 3.63) is 56.8 Å². The quantitative estimate of drug-likeness (QED) is 0.391. The first-order valence-corrected chi connectivity index (χ1v) is 10.5. The molecule has 0 bridgehead atoms. The Morgan fingerprint density at radius 2 is 1.84 bits per heavy atom. The van der Waals surface area contributed by atoms with E-state index in [-0.39, 0.29) is 39.4 Å². The minimum atomic E-state index is -0.547. The first kappa shape index (κ1) is 21.0. The maximum absolute atomic E-state index is 13.6. The van der Waals surface area contributed by atoms with E-state index in [1.54, 1.807) is 0 Å². The maximum atomic E-state index is 13.6. The highest BCUT2D eigenvalue weighted by atomic mass is 16.5. The summed E-state index contributed by atoms with van der Waals surface area (Å²) in [5.41, 5.74) is 2.63. The minimum Gasteiger partial charge on any atom is -0.507 e. The molecule has 0 fully saturated rings. The molecule has 5 nitrogen and oxygen atoms in total. The smallest absolute Gasteiger partial charge is 0.204 e. The van der Waals surface area contributed by atoms with Crippen LogP contribution in [0.15, 0.2) is 39.1 Å². The summed E-state index contributed by atoms with van der Waals surface area (Å²) in [6.07, 6.45) is 6.27. The zero-order valence-electron chi connectivity index (χ0n) is 18.8. The Hall–Kier alpha value is -3.21. The normalized spacial score (nSPS) is 14.7. The molecule has 0 saturated carbocycles. The highest BCUT2D eigenvalue weighted by Crippen LogP contribution is 2.43. The van der Waals surface area contributed by atoms with Crippen LogP contribution in [0.4, 0.5) is 0 Å². The first-order valence-electron chi connectivity index (χ1n) is 10.5. The molecule has 2 heterocycles. The van der Waals surface area contributed by atoms with E-state index in [9.17, 15) is 15.0 Å². The van der Waals surface area contributed by atoms with Gasteiger partial charge in [-0.25, -0.2) is 0 Å². The van der Waals surface area contributed by atoms with Gasteiger partial charge in [-0.2, -0.15) is 0 Å². The third-order valence-corrected chi connectivity index (χ3v) is 5.66. The number of phenolic OH excluding ortho intramolecular Hbond substituents is 2. The van der Waals surface area contributed by atoms with Gasteiger partial charge >= 0.3 is 0 Å². The fraction of sp³-hybridized carbons (Fsp3) is 0.346. The largest absolute Gasteiger partial charge is 0.507 e. The molecule has 1 aliphatic rings. The lowest BCUT2D eigenvalue weighted by atomic mass is 9.93. The average Bonchev–Trinajstić information content (AvgIpc) is 2.66. The van der Waals surface area contributed by atoms with Crippen LogP contribution in [-0.4, -0.2) is 15.8 Å². The van der Waals surface area contributed by atoms with Gasteiger partial charge < -0.3 is 19.4 Å². The summed E-state index contributed by atoms with van der Waals surface area (Å²) in [6, 6.07) is 3.33. The summed E-state index contributed by atoms with van der Waals surface area (Å²) >= 11 is 0. The summed E-state index contributed by atoms with van der Waals surface area (Å²) in [6.45, 7) is 11.8. The molecule has 5 heteroatoms. The van der Waals surface area contributed by atoms with Crippen molar-refractivity contribution in [1.82, 2.24) is 0 Å². The van der Waals surface area contributed by atoms with Crippen molar-refractivity contribution in [3.8, 4) is 17.2 Å². The fourth-order valence-corrected chi connectivity index (χ4v) is 4.02. The lowest BCUT2D eigenvalue weighted by molar-refractivity contribution is 0.158. The minimum absolute atomic E-state index is 0.0388. The Labute approximate surface area is 181 Å². The summed E-state index contributed by atoms with van der Waals surface area (Å²) in [7, 11) is 0. The second-order valence-electron chi connectivity index (χ2n) is 9.30. The van der Waals surface area contributed by atoms with E-state index in [4.69, 9.17) is 9.15 Å². The number of fused-ring (bicyclic) bond motifs is 4. The monoisotopic (exact) mass is 420 g/mol. The molecule has 0 aliphatic carbocycles. The van der Waals surface area contributed by atoms with Crippen molar-refractivity contribution in [2.45, 2.75) is 59.5 Å². The van der Waals surface area contributed by atoms with Crippen molar-refractivity contribution in [2.75, 3.05) is 0 Å². The van der Waals surface area contributed by atoms with Gasteiger partial charge in [0.25, 0.3) is 0 Å². The van der Waals surface area contributed by atoms with Crippen molar-refractivity contribution in [1.29, 1.82) is 0 Å². The van der Waals surface area contributed by atoms with E-state index in [1.807, 2.05) is 65.8 Å². The Morgan fingerprint density at radius 3 is 2.48 bits per heavy atom. The van der Waals surface area contributed by atoms with Crippen molar-refractivity contribution in [2.24, 2.45) is 0 Å². The molecule has 3 aromatic rings. The van der Waals surface area contributed by atoms with Crippen LogP contribution in [0.1, 0.15) is 64.2 Å². The second-order valence-corrected chi connectivity index (χ2v) is 9.30. The molecule has 0 unspecified atom stereocenters. The summed E-state index contributed by atoms with van der Waals surface area (Å²) in [4.78, 5) is 13.6. The Morgan fingerprint density at radius 1 is 1.13 bits per heavy atom. The first-order chi connectivity index (χ1) is 14.5. The lowest BCUT2D eigenvalue weighted by Crippen LogP contribution is -2.27. The SMILES string of the molecule is CC(C)=CCc1cc(C(C)C)c(O)c2oc3c4c(cc(O)c3c(=O)c12)OC(C)(C)C=C4. The summed E-state index contributed by atoms with van der Waals surface area (Å²) < 4.78 is 12.1. The van der Waals surface area contributed by atoms with Crippen molar-refractivity contribution < 1.29 is 19.4 Å². The molecule has 4 rings (SSSR count). The number of benzene rings is 2. The number of aromatic hydroxyl groups is 2. The van der Waals surface area contributed by atoms with Crippen LogP contribution in [0.2, 0.25) is 0 Å². The Kier molecular flexibility index (Phi) is 4.88. The highest BCUT2D eigenvalue weighted by molar-refractivity contribution is 6.01.